The molecule has 0 spiro atoms. The molecular formula is C21H24Cl2N2O4. The van der Waals surface area contributed by atoms with Crippen LogP contribution in [-0.4, -0.2) is 53.2 Å². The maximum absolute atomic E-state index is 9.10. The minimum absolute atomic E-state index is 0.621. The van der Waals surface area contributed by atoms with Gasteiger partial charge >= 0.3 is 11.9 Å². The lowest BCUT2D eigenvalue weighted by Crippen LogP contribution is -2.46. The molecule has 0 aliphatic carbocycles. The van der Waals surface area contributed by atoms with E-state index in [0.29, 0.717) is 10.0 Å². The molecule has 2 aromatic carbocycles. The first-order chi connectivity index (χ1) is 13.7. The second kappa shape index (κ2) is 10.5. The van der Waals surface area contributed by atoms with Crippen LogP contribution in [0.25, 0.3) is 0 Å². The molecule has 3 rings (SSSR count). The molecule has 0 saturated carbocycles. The van der Waals surface area contributed by atoms with Crippen LogP contribution in [0.5, 0.6) is 0 Å². The number of carboxylic acids is 2. The molecule has 2 aromatic rings. The monoisotopic (exact) mass is 438 g/mol. The fourth-order valence-corrected chi connectivity index (χ4v) is 3.44. The molecule has 0 amide bonds. The summed E-state index contributed by atoms with van der Waals surface area (Å²) in [6.07, 6.45) is 0. The number of aryl methyl sites for hydroxylation is 1. The Bertz CT molecular complexity index is 869. The fourth-order valence-electron chi connectivity index (χ4n) is 3.12. The van der Waals surface area contributed by atoms with E-state index in [4.69, 9.17) is 43.0 Å². The van der Waals surface area contributed by atoms with Gasteiger partial charge in [0.1, 0.15) is 0 Å². The predicted molar refractivity (Wildman–Crippen MR) is 115 cm³/mol. The first-order valence-electron chi connectivity index (χ1n) is 9.12. The Morgan fingerprint density at radius 1 is 0.931 bits per heavy atom. The Morgan fingerprint density at radius 2 is 1.55 bits per heavy atom. The zero-order valence-electron chi connectivity index (χ0n) is 16.4. The van der Waals surface area contributed by atoms with Crippen molar-refractivity contribution < 1.29 is 19.8 Å². The van der Waals surface area contributed by atoms with E-state index in [9.17, 15) is 0 Å². The van der Waals surface area contributed by atoms with Gasteiger partial charge in [-0.25, -0.2) is 9.59 Å². The van der Waals surface area contributed by atoms with E-state index in [1.54, 1.807) is 0 Å². The molecule has 1 saturated heterocycles. The van der Waals surface area contributed by atoms with Crippen molar-refractivity contribution in [3.8, 4) is 0 Å². The van der Waals surface area contributed by atoms with Crippen LogP contribution in [0, 0.1) is 13.8 Å². The van der Waals surface area contributed by atoms with Crippen LogP contribution in [-0.2, 0) is 16.1 Å². The second-order valence-corrected chi connectivity index (χ2v) is 7.66. The van der Waals surface area contributed by atoms with E-state index < -0.39 is 11.9 Å². The number of nitrogens with zero attached hydrogens (tertiary/aromatic N) is 2. The van der Waals surface area contributed by atoms with Crippen molar-refractivity contribution >= 4 is 40.8 Å². The highest BCUT2D eigenvalue weighted by molar-refractivity contribution is 6.42. The van der Waals surface area contributed by atoms with Crippen molar-refractivity contribution in [2.75, 3.05) is 31.1 Å². The molecule has 1 heterocycles. The molecule has 1 fully saturated rings. The summed E-state index contributed by atoms with van der Waals surface area (Å²) in [6, 6.07) is 12.5. The van der Waals surface area contributed by atoms with Gasteiger partial charge in [0.15, 0.2) is 0 Å². The molecule has 0 aromatic heterocycles. The number of anilines is 1. The molecular weight excluding hydrogens is 415 g/mol. The van der Waals surface area contributed by atoms with Gasteiger partial charge in [0.25, 0.3) is 0 Å². The molecule has 0 radical (unpaired) electrons. The summed E-state index contributed by atoms with van der Waals surface area (Å²) in [5.41, 5.74) is 5.35. The smallest absolute Gasteiger partial charge is 0.414 e. The molecule has 0 atom stereocenters. The van der Waals surface area contributed by atoms with Gasteiger partial charge in [0.05, 0.1) is 10.0 Å². The number of aliphatic carboxylic acids is 2. The molecule has 1 aliphatic heterocycles. The Balaban J connectivity index is 0.000000438. The van der Waals surface area contributed by atoms with Crippen molar-refractivity contribution in [3.63, 3.8) is 0 Å². The van der Waals surface area contributed by atoms with Gasteiger partial charge in [-0.05, 0) is 48.7 Å². The van der Waals surface area contributed by atoms with Crippen molar-refractivity contribution in [3.05, 3.63) is 63.1 Å². The summed E-state index contributed by atoms with van der Waals surface area (Å²) in [5, 5.41) is 16.0. The highest BCUT2D eigenvalue weighted by Crippen LogP contribution is 2.26. The normalized spacial score (nSPS) is 14.1. The maximum atomic E-state index is 9.10. The van der Waals surface area contributed by atoms with Gasteiger partial charge in [-0.15, -0.1) is 0 Å². The van der Waals surface area contributed by atoms with Crippen LogP contribution >= 0.6 is 23.2 Å². The number of hydrogen-bond donors (Lipinski definition) is 2. The van der Waals surface area contributed by atoms with E-state index in [2.05, 4.69) is 47.9 Å². The molecule has 8 heteroatoms. The minimum atomic E-state index is -1.82. The topological polar surface area (TPSA) is 81.1 Å². The van der Waals surface area contributed by atoms with Gasteiger partial charge in [-0.1, -0.05) is 41.4 Å². The molecule has 0 bridgehead atoms. The number of carbonyl (C=O) groups is 2. The van der Waals surface area contributed by atoms with Crippen molar-refractivity contribution in [1.29, 1.82) is 0 Å². The Hall–Kier alpha value is -2.28. The van der Waals surface area contributed by atoms with Crippen LogP contribution < -0.4 is 4.90 Å². The van der Waals surface area contributed by atoms with Crippen molar-refractivity contribution in [2.45, 2.75) is 20.4 Å². The lowest BCUT2D eigenvalue weighted by Gasteiger charge is -2.37. The molecule has 29 heavy (non-hydrogen) atoms. The largest absolute Gasteiger partial charge is 0.473 e. The number of piperazine rings is 1. The van der Waals surface area contributed by atoms with Gasteiger partial charge in [0, 0.05) is 38.4 Å². The maximum Gasteiger partial charge on any atom is 0.414 e. The third-order valence-electron chi connectivity index (χ3n) is 4.86. The SMILES string of the molecule is Cc1cccc(N2CCN(Cc3ccc(Cl)c(Cl)c3)CC2)c1C.O=C(O)C(=O)O. The Kier molecular flexibility index (Phi) is 8.32. The van der Waals surface area contributed by atoms with Crippen LogP contribution in [0.1, 0.15) is 16.7 Å². The average molecular weight is 439 g/mol. The lowest BCUT2D eigenvalue weighted by atomic mass is 10.1. The summed E-state index contributed by atoms with van der Waals surface area (Å²) in [5.74, 6) is -3.65. The van der Waals surface area contributed by atoms with Gasteiger partial charge in [-0.2, -0.15) is 0 Å². The van der Waals surface area contributed by atoms with Crippen molar-refractivity contribution in [2.24, 2.45) is 0 Å². The standard InChI is InChI=1S/C19H22Cl2N2.C2H2O4/c1-14-4-3-5-19(15(14)2)23-10-8-22(9-11-23)13-16-6-7-17(20)18(21)12-16;3-1(4)2(5)6/h3-7,12H,8-11,13H2,1-2H3;(H,3,4)(H,5,6). The first-order valence-corrected chi connectivity index (χ1v) is 9.88. The summed E-state index contributed by atoms with van der Waals surface area (Å²) < 4.78 is 0. The van der Waals surface area contributed by atoms with Gasteiger partial charge in [-0.3, -0.25) is 4.90 Å². The van der Waals surface area contributed by atoms with E-state index >= 15 is 0 Å². The van der Waals surface area contributed by atoms with Gasteiger partial charge in [0.2, 0.25) is 0 Å². The molecule has 0 unspecified atom stereocenters. The fraction of sp³-hybridized carbons (Fsp3) is 0.333. The molecule has 156 valence electrons. The molecule has 6 nitrogen and oxygen atoms in total. The number of halogens is 2. The van der Waals surface area contributed by atoms with Crippen molar-refractivity contribution in [1.82, 2.24) is 4.90 Å². The number of rotatable bonds is 3. The predicted octanol–water partition coefficient (Wildman–Crippen LogP) is 4.09. The molecule has 2 N–H and O–H groups in total. The summed E-state index contributed by atoms with van der Waals surface area (Å²) >= 11 is 12.1. The zero-order valence-corrected chi connectivity index (χ0v) is 17.9. The first kappa shape index (κ1) is 23.0. The lowest BCUT2D eigenvalue weighted by molar-refractivity contribution is -0.159. The van der Waals surface area contributed by atoms with Crippen LogP contribution in [0.2, 0.25) is 10.0 Å². The summed E-state index contributed by atoms with van der Waals surface area (Å²) in [7, 11) is 0. The van der Waals surface area contributed by atoms with Gasteiger partial charge < -0.3 is 15.1 Å². The summed E-state index contributed by atoms with van der Waals surface area (Å²) in [6.45, 7) is 9.57. The minimum Gasteiger partial charge on any atom is -0.473 e. The van der Waals surface area contributed by atoms with E-state index in [1.165, 1.54) is 22.4 Å². The highest BCUT2D eigenvalue weighted by Gasteiger charge is 2.19. The van der Waals surface area contributed by atoms with Crippen LogP contribution in [0.3, 0.4) is 0 Å². The number of hydrogen-bond acceptors (Lipinski definition) is 4. The van der Waals surface area contributed by atoms with E-state index in [0.717, 1.165) is 32.7 Å². The summed E-state index contributed by atoms with van der Waals surface area (Å²) in [4.78, 5) is 23.2. The van der Waals surface area contributed by atoms with Crippen LogP contribution in [0.15, 0.2) is 36.4 Å². The third kappa shape index (κ3) is 6.63. The third-order valence-corrected chi connectivity index (χ3v) is 5.60. The Labute approximate surface area is 180 Å². The number of benzene rings is 2. The van der Waals surface area contributed by atoms with Crippen LogP contribution in [0.4, 0.5) is 5.69 Å². The average Bonchev–Trinajstić information content (AvgIpc) is 2.68. The Morgan fingerprint density at radius 3 is 2.10 bits per heavy atom. The quantitative estimate of drug-likeness (QED) is 0.702. The molecule has 1 aliphatic rings. The highest BCUT2D eigenvalue weighted by atomic mass is 35.5. The number of carboxylic acid groups (broad SMARTS) is 2. The second-order valence-electron chi connectivity index (χ2n) is 6.84. The van der Waals surface area contributed by atoms with E-state index in [1.807, 2.05) is 12.1 Å². The zero-order chi connectivity index (χ0) is 21.6. The van der Waals surface area contributed by atoms with E-state index in [-0.39, 0.29) is 0 Å².